The van der Waals surface area contributed by atoms with Crippen molar-refractivity contribution in [2.24, 2.45) is 0 Å². The first-order valence-corrected chi connectivity index (χ1v) is 23.4. The number of rotatable bonds is 6. The van der Waals surface area contributed by atoms with Gasteiger partial charge >= 0.3 is 0 Å². The summed E-state index contributed by atoms with van der Waals surface area (Å²) in [7, 11) is 0. The zero-order valence-electron chi connectivity index (χ0n) is 36.2. The molecule has 0 N–H and O–H groups in total. The van der Waals surface area contributed by atoms with Gasteiger partial charge in [0.1, 0.15) is 0 Å². The van der Waals surface area contributed by atoms with Crippen LogP contribution in [-0.2, 0) is 10.8 Å². The molecule has 2 aliphatic rings. The summed E-state index contributed by atoms with van der Waals surface area (Å²) in [6.45, 7) is 4.76. The van der Waals surface area contributed by atoms with E-state index in [1.165, 1.54) is 86.9 Å². The predicted molar refractivity (Wildman–Crippen MR) is 273 cm³/mol. The Bertz CT molecular complexity index is 3640. The second-order valence-corrected chi connectivity index (χ2v) is 19.2. The zero-order valence-corrected chi connectivity index (χ0v) is 37.1. The van der Waals surface area contributed by atoms with Gasteiger partial charge in [0.15, 0.2) is 0 Å². The summed E-state index contributed by atoms with van der Waals surface area (Å²) in [4.78, 5) is 5.14. The fourth-order valence-corrected chi connectivity index (χ4v) is 12.7. The molecule has 0 saturated heterocycles. The van der Waals surface area contributed by atoms with Crippen molar-refractivity contribution in [3.05, 3.63) is 264 Å². The summed E-state index contributed by atoms with van der Waals surface area (Å²) in [5.74, 6) is 0. The van der Waals surface area contributed by atoms with Crippen LogP contribution < -0.4 is 4.90 Å². The van der Waals surface area contributed by atoms with Gasteiger partial charge in [0, 0.05) is 48.7 Å². The van der Waals surface area contributed by atoms with Gasteiger partial charge in [0.05, 0.1) is 16.4 Å². The van der Waals surface area contributed by atoms with Gasteiger partial charge in [-0.05, 0) is 128 Å². The molecule has 2 heterocycles. The van der Waals surface area contributed by atoms with E-state index in [1.54, 1.807) is 0 Å². The standard InChI is InChI=1S/C62H44N2S/c1-61(2)55-28-13-15-30-59(55)65-60-36-34-48(40-56(60)61)63(47-33-35-58-52(39-47)51-25-10-14-29-57(51)64(58)46-32-31-41-17-6-7-18-42(41)37-46)45-22-16-21-44(38-45)62(43-19-4-3-5-20-43)53-26-11-8-23-49(53)50-24-9-12-27-54(50)62/h3-40H,1-2H3. The maximum absolute atomic E-state index is 2.50. The number of aromatic nitrogens is 1. The number of anilines is 3. The highest BCUT2D eigenvalue weighted by molar-refractivity contribution is 7.99. The number of hydrogen-bond donors (Lipinski definition) is 0. The van der Waals surface area contributed by atoms with Crippen LogP contribution in [0.3, 0.4) is 0 Å². The molecule has 0 radical (unpaired) electrons. The highest BCUT2D eigenvalue weighted by Gasteiger charge is 2.46. The van der Waals surface area contributed by atoms with Crippen LogP contribution in [0.5, 0.6) is 0 Å². The second-order valence-electron chi connectivity index (χ2n) is 18.1. The van der Waals surface area contributed by atoms with Gasteiger partial charge < -0.3 is 9.47 Å². The van der Waals surface area contributed by atoms with Crippen molar-refractivity contribution in [2.45, 2.75) is 34.5 Å². The van der Waals surface area contributed by atoms with Gasteiger partial charge in [0.2, 0.25) is 0 Å². The minimum Gasteiger partial charge on any atom is -0.310 e. The molecule has 10 aromatic carbocycles. The molecule has 3 heteroatoms. The quantitative estimate of drug-likeness (QED) is 0.165. The number of benzene rings is 10. The first kappa shape index (κ1) is 37.9. The molecule has 0 amide bonds. The Labute approximate surface area is 384 Å². The molecule has 1 aromatic heterocycles. The fraction of sp³-hybridized carbons (Fsp3) is 0.0645. The molecule has 2 nitrogen and oxygen atoms in total. The largest absolute Gasteiger partial charge is 0.310 e. The molecule has 0 unspecified atom stereocenters. The molecule has 0 bridgehead atoms. The lowest BCUT2D eigenvalue weighted by atomic mass is 9.67. The van der Waals surface area contributed by atoms with E-state index < -0.39 is 5.41 Å². The number of nitrogens with zero attached hydrogens (tertiary/aromatic N) is 2. The van der Waals surface area contributed by atoms with Crippen molar-refractivity contribution >= 4 is 61.4 Å². The highest BCUT2D eigenvalue weighted by Crippen LogP contribution is 2.57. The maximum Gasteiger partial charge on any atom is 0.0714 e. The molecule has 1 aliphatic carbocycles. The summed E-state index contributed by atoms with van der Waals surface area (Å²) in [5, 5.41) is 4.92. The predicted octanol–water partition coefficient (Wildman–Crippen LogP) is 16.6. The van der Waals surface area contributed by atoms with Gasteiger partial charge in [-0.1, -0.05) is 183 Å². The molecule has 0 atom stereocenters. The van der Waals surface area contributed by atoms with Crippen molar-refractivity contribution in [1.82, 2.24) is 4.57 Å². The van der Waals surface area contributed by atoms with Gasteiger partial charge in [-0.2, -0.15) is 0 Å². The van der Waals surface area contributed by atoms with E-state index in [4.69, 9.17) is 0 Å². The fourth-order valence-electron chi connectivity index (χ4n) is 11.3. The van der Waals surface area contributed by atoms with Crippen LogP contribution in [0.15, 0.2) is 240 Å². The third-order valence-electron chi connectivity index (χ3n) is 14.3. The van der Waals surface area contributed by atoms with Crippen molar-refractivity contribution in [3.63, 3.8) is 0 Å². The Balaban J connectivity index is 1.06. The van der Waals surface area contributed by atoms with Crippen LogP contribution in [0.4, 0.5) is 17.1 Å². The van der Waals surface area contributed by atoms with Crippen LogP contribution in [-0.4, -0.2) is 4.57 Å². The monoisotopic (exact) mass is 848 g/mol. The van der Waals surface area contributed by atoms with Crippen molar-refractivity contribution in [3.8, 4) is 16.8 Å². The van der Waals surface area contributed by atoms with Crippen LogP contribution in [0.2, 0.25) is 0 Å². The molecule has 65 heavy (non-hydrogen) atoms. The molecule has 0 saturated carbocycles. The van der Waals surface area contributed by atoms with E-state index in [2.05, 4.69) is 254 Å². The van der Waals surface area contributed by atoms with Crippen LogP contribution in [0.25, 0.3) is 49.4 Å². The van der Waals surface area contributed by atoms with E-state index in [1.807, 2.05) is 11.8 Å². The molecular formula is C62H44N2S. The molecular weight excluding hydrogens is 805 g/mol. The Morgan fingerprint density at radius 1 is 0.385 bits per heavy atom. The zero-order chi connectivity index (χ0) is 43.3. The summed E-state index contributed by atoms with van der Waals surface area (Å²) in [6, 6.07) is 86.0. The third-order valence-corrected chi connectivity index (χ3v) is 15.4. The second kappa shape index (κ2) is 14.5. The average molecular weight is 849 g/mol. The number of hydrogen-bond acceptors (Lipinski definition) is 2. The average Bonchev–Trinajstić information content (AvgIpc) is 3.85. The topological polar surface area (TPSA) is 8.17 Å². The van der Waals surface area contributed by atoms with Gasteiger partial charge in [-0.25, -0.2) is 0 Å². The van der Waals surface area contributed by atoms with Crippen molar-refractivity contribution < 1.29 is 0 Å². The van der Waals surface area contributed by atoms with Crippen LogP contribution >= 0.6 is 11.8 Å². The Morgan fingerprint density at radius 3 is 1.80 bits per heavy atom. The molecule has 11 aromatic rings. The van der Waals surface area contributed by atoms with E-state index in [0.29, 0.717) is 0 Å². The summed E-state index contributed by atoms with van der Waals surface area (Å²) in [5.41, 5.74) is 16.6. The summed E-state index contributed by atoms with van der Waals surface area (Å²) in [6.07, 6.45) is 0. The smallest absolute Gasteiger partial charge is 0.0714 e. The SMILES string of the molecule is CC1(C)c2ccccc2Sc2ccc(N(c3cccc(C4(c5ccccc5)c5ccccc5-c5ccccc54)c3)c3ccc4c(c3)c3ccccc3n4-c3ccc4ccccc4c3)cc21. The van der Waals surface area contributed by atoms with Crippen LogP contribution in [0.1, 0.15) is 47.2 Å². The summed E-state index contributed by atoms with van der Waals surface area (Å²) >= 11 is 1.88. The Hall–Kier alpha value is -7.59. The number of para-hydroxylation sites is 1. The lowest BCUT2D eigenvalue weighted by Crippen LogP contribution is -2.29. The third kappa shape index (κ3) is 5.62. The van der Waals surface area contributed by atoms with E-state index >= 15 is 0 Å². The molecule has 1 aliphatic heterocycles. The van der Waals surface area contributed by atoms with E-state index in [0.717, 1.165) is 22.7 Å². The maximum atomic E-state index is 2.50. The Morgan fingerprint density at radius 2 is 0.985 bits per heavy atom. The van der Waals surface area contributed by atoms with E-state index in [9.17, 15) is 0 Å². The lowest BCUT2D eigenvalue weighted by Gasteiger charge is -2.37. The normalized spacial score (nSPS) is 14.2. The van der Waals surface area contributed by atoms with Gasteiger partial charge in [-0.3, -0.25) is 0 Å². The van der Waals surface area contributed by atoms with Crippen molar-refractivity contribution in [2.75, 3.05) is 4.90 Å². The Kier molecular flexibility index (Phi) is 8.44. The molecule has 0 spiro atoms. The van der Waals surface area contributed by atoms with E-state index in [-0.39, 0.29) is 5.41 Å². The first-order valence-electron chi connectivity index (χ1n) is 22.6. The minimum atomic E-state index is -0.522. The van der Waals surface area contributed by atoms with Gasteiger partial charge in [-0.15, -0.1) is 0 Å². The summed E-state index contributed by atoms with van der Waals surface area (Å²) < 4.78 is 2.43. The minimum absolute atomic E-state index is 0.188. The molecule has 13 rings (SSSR count). The molecule has 0 fully saturated rings. The lowest BCUT2D eigenvalue weighted by molar-refractivity contribution is 0.607. The van der Waals surface area contributed by atoms with Crippen LogP contribution in [0, 0.1) is 0 Å². The number of fused-ring (bicyclic) bond motifs is 9. The van der Waals surface area contributed by atoms with Gasteiger partial charge in [0.25, 0.3) is 0 Å². The van der Waals surface area contributed by atoms with Crippen molar-refractivity contribution in [1.29, 1.82) is 0 Å². The molecule has 308 valence electrons. The highest BCUT2D eigenvalue weighted by atomic mass is 32.2. The first-order chi connectivity index (χ1) is 32.0.